The van der Waals surface area contributed by atoms with Crippen molar-refractivity contribution in [1.29, 1.82) is 0 Å². The third-order valence-electron chi connectivity index (χ3n) is 3.49. The van der Waals surface area contributed by atoms with E-state index in [1.54, 1.807) is 0 Å². The monoisotopic (exact) mass is 230 g/mol. The summed E-state index contributed by atoms with van der Waals surface area (Å²) in [4.78, 5) is 0. The molecule has 2 rings (SSSR count). The van der Waals surface area contributed by atoms with Gasteiger partial charge in [-0.15, -0.1) is 0 Å². The van der Waals surface area contributed by atoms with Crippen LogP contribution in [-0.2, 0) is 14.2 Å². The predicted molar refractivity (Wildman–Crippen MR) is 59.3 cm³/mol. The third-order valence-corrected chi connectivity index (χ3v) is 3.49. The molecule has 2 heterocycles. The second-order valence-corrected chi connectivity index (χ2v) is 4.78. The van der Waals surface area contributed by atoms with Crippen LogP contribution in [0.4, 0.5) is 0 Å². The van der Waals surface area contributed by atoms with Crippen LogP contribution in [0, 0.1) is 11.8 Å². The van der Waals surface area contributed by atoms with Gasteiger partial charge in [0.25, 0.3) is 0 Å². The minimum absolute atomic E-state index is 0.273. The molecule has 0 aliphatic carbocycles. The Kier molecular flexibility index (Phi) is 5.03. The second kappa shape index (κ2) is 6.55. The Balaban J connectivity index is 1.56. The highest BCUT2D eigenvalue weighted by molar-refractivity contribution is 4.72. The molecule has 2 aliphatic heterocycles. The Morgan fingerprint density at radius 1 is 1.12 bits per heavy atom. The minimum Gasteiger partial charge on any atom is -0.390 e. The van der Waals surface area contributed by atoms with E-state index in [0.29, 0.717) is 19.1 Å². The number of rotatable bonds is 5. The predicted octanol–water partition coefficient (Wildman–Crippen LogP) is 0.827. The molecule has 4 nitrogen and oxygen atoms in total. The lowest BCUT2D eigenvalue weighted by Crippen LogP contribution is -2.28. The summed E-state index contributed by atoms with van der Waals surface area (Å²) in [5.41, 5.74) is 0. The van der Waals surface area contributed by atoms with Crippen LogP contribution in [0.1, 0.15) is 19.3 Å². The maximum atomic E-state index is 9.85. The molecule has 2 atom stereocenters. The average molecular weight is 230 g/mol. The van der Waals surface area contributed by atoms with Crippen molar-refractivity contribution in [2.24, 2.45) is 11.8 Å². The van der Waals surface area contributed by atoms with E-state index in [1.165, 1.54) is 0 Å². The van der Waals surface area contributed by atoms with Gasteiger partial charge in [-0.05, 0) is 25.2 Å². The number of aliphatic hydroxyl groups excluding tert-OH is 1. The maximum absolute atomic E-state index is 9.85. The van der Waals surface area contributed by atoms with Gasteiger partial charge in [0.2, 0.25) is 0 Å². The zero-order chi connectivity index (χ0) is 11.2. The van der Waals surface area contributed by atoms with Crippen molar-refractivity contribution in [3.8, 4) is 0 Å². The van der Waals surface area contributed by atoms with Gasteiger partial charge in [0, 0.05) is 32.3 Å². The normalized spacial score (nSPS) is 29.4. The first kappa shape index (κ1) is 12.3. The lowest BCUT2D eigenvalue weighted by atomic mass is 10.0. The molecule has 0 saturated carbocycles. The first-order valence-electron chi connectivity index (χ1n) is 6.27. The first-order valence-corrected chi connectivity index (χ1v) is 6.27. The lowest BCUT2D eigenvalue weighted by molar-refractivity contribution is -0.0266. The van der Waals surface area contributed by atoms with E-state index in [9.17, 15) is 5.11 Å². The molecule has 2 aliphatic rings. The summed E-state index contributed by atoms with van der Waals surface area (Å²) in [5, 5.41) is 9.85. The van der Waals surface area contributed by atoms with Crippen LogP contribution in [0.3, 0.4) is 0 Å². The van der Waals surface area contributed by atoms with Crippen molar-refractivity contribution in [3.63, 3.8) is 0 Å². The van der Waals surface area contributed by atoms with Gasteiger partial charge in [0.1, 0.15) is 0 Å². The zero-order valence-electron chi connectivity index (χ0n) is 9.77. The summed E-state index contributed by atoms with van der Waals surface area (Å²) in [7, 11) is 0. The number of hydrogen-bond donors (Lipinski definition) is 1. The topological polar surface area (TPSA) is 47.9 Å². The summed E-state index contributed by atoms with van der Waals surface area (Å²) >= 11 is 0. The molecule has 1 N–H and O–H groups in total. The van der Waals surface area contributed by atoms with E-state index < -0.39 is 0 Å². The Labute approximate surface area is 96.9 Å². The Morgan fingerprint density at radius 3 is 2.56 bits per heavy atom. The van der Waals surface area contributed by atoms with Crippen molar-refractivity contribution < 1.29 is 19.3 Å². The lowest BCUT2D eigenvalue weighted by Gasteiger charge is -2.23. The highest BCUT2D eigenvalue weighted by Crippen LogP contribution is 2.18. The molecule has 94 valence electrons. The molecular formula is C12H22O4. The summed E-state index contributed by atoms with van der Waals surface area (Å²) in [5.74, 6) is 0.885. The highest BCUT2D eigenvalue weighted by Gasteiger charge is 2.24. The van der Waals surface area contributed by atoms with Gasteiger partial charge in [0.15, 0.2) is 0 Å². The third kappa shape index (κ3) is 3.70. The fraction of sp³-hybridized carbons (Fsp3) is 1.00. The average Bonchev–Trinajstić information content (AvgIpc) is 2.84. The largest absolute Gasteiger partial charge is 0.390 e. The minimum atomic E-state index is -0.359. The fourth-order valence-corrected chi connectivity index (χ4v) is 2.26. The van der Waals surface area contributed by atoms with E-state index in [1.807, 2.05) is 0 Å². The van der Waals surface area contributed by atoms with Gasteiger partial charge in [-0.3, -0.25) is 0 Å². The van der Waals surface area contributed by atoms with Gasteiger partial charge >= 0.3 is 0 Å². The summed E-state index contributed by atoms with van der Waals surface area (Å²) < 4.78 is 16.1. The molecule has 2 saturated heterocycles. The molecule has 0 aromatic heterocycles. The van der Waals surface area contributed by atoms with E-state index in [2.05, 4.69) is 0 Å². The van der Waals surface area contributed by atoms with E-state index >= 15 is 0 Å². The summed E-state index contributed by atoms with van der Waals surface area (Å²) in [6.45, 7) is 4.38. The molecule has 2 fully saturated rings. The highest BCUT2D eigenvalue weighted by atomic mass is 16.5. The number of ether oxygens (including phenoxy) is 3. The molecule has 16 heavy (non-hydrogen) atoms. The van der Waals surface area contributed by atoms with Crippen LogP contribution in [0.15, 0.2) is 0 Å². The van der Waals surface area contributed by atoms with Gasteiger partial charge in [-0.2, -0.15) is 0 Å². The van der Waals surface area contributed by atoms with Crippen molar-refractivity contribution >= 4 is 0 Å². The molecule has 0 radical (unpaired) electrons. The molecule has 4 heteroatoms. The second-order valence-electron chi connectivity index (χ2n) is 4.78. The van der Waals surface area contributed by atoms with Crippen LogP contribution >= 0.6 is 0 Å². The Hall–Kier alpha value is -0.160. The molecule has 0 bridgehead atoms. The summed E-state index contributed by atoms with van der Waals surface area (Å²) in [6, 6.07) is 0. The Bertz CT molecular complexity index is 185. The van der Waals surface area contributed by atoms with Gasteiger partial charge < -0.3 is 19.3 Å². The fourth-order valence-electron chi connectivity index (χ4n) is 2.26. The number of aliphatic hydroxyl groups is 1. The van der Waals surface area contributed by atoms with Gasteiger partial charge in [0.05, 0.1) is 19.3 Å². The quantitative estimate of drug-likeness (QED) is 0.760. The van der Waals surface area contributed by atoms with Crippen LogP contribution in [-0.4, -0.2) is 50.9 Å². The first-order chi connectivity index (χ1) is 7.86. The van der Waals surface area contributed by atoms with Gasteiger partial charge in [-0.1, -0.05) is 0 Å². The van der Waals surface area contributed by atoms with Gasteiger partial charge in [-0.25, -0.2) is 0 Å². The maximum Gasteiger partial charge on any atom is 0.0824 e. The standard InChI is InChI=1S/C12H22O4/c13-12(11-3-6-15-8-11)9-16-7-10-1-4-14-5-2-10/h10-13H,1-9H2. The smallest absolute Gasteiger partial charge is 0.0824 e. The van der Waals surface area contributed by atoms with Crippen molar-refractivity contribution in [1.82, 2.24) is 0 Å². The zero-order valence-corrected chi connectivity index (χ0v) is 9.77. The van der Waals surface area contributed by atoms with E-state index in [0.717, 1.165) is 45.7 Å². The van der Waals surface area contributed by atoms with E-state index in [-0.39, 0.29) is 12.0 Å². The Morgan fingerprint density at radius 2 is 1.88 bits per heavy atom. The SMILES string of the molecule is OC(COCC1CCOCC1)C1CCOC1. The summed E-state index contributed by atoms with van der Waals surface area (Å²) in [6.07, 6.45) is 2.77. The van der Waals surface area contributed by atoms with Crippen molar-refractivity contribution in [2.75, 3.05) is 39.6 Å². The molecule has 0 spiro atoms. The van der Waals surface area contributed by atoms with Crippen molar-refractivity contribution in [3.05, 3.63) is 0 Å². The van der Waals surface area contributed by atoms with Crippen LogP contribution < -0.4 is 0 Å². The van der Waals surface area contributed by atoms with Crippen molar-refractivity contribution in [2.45, 2.75) is 25.4 Å². The molecule has 2 unspecified atom stereocenters. The molecule has 0 aromatic carbocycles. The van der Waals surface area contributed by atoms with Crippen LogP contribution in [0.5, 0.6) is 0 Å². The molecule has 0 amide bonds. The van der Waals surface area contributed by atoms with Crippen LogP contribution in [0.25, 0.3) is 0 Å². The van der Waals surface area contributed by atoms with Crippen LogP contribution in [0.2, 0.25) is 0 Å². The van der Waals surface area contributed by atoms with E-state index in [4.69, 9.17) is 14.2 Å². The molecule has 0 aromatic rings. The molecular weight excluding hydrogens is 208 g/mol. The number of hydrogen-bond acceptors (Lipinski definition) is 4.